The molecule has 0 fully saturated rings. The molecule has 0 saturated heterocycles. The molecule has 0 saturated carbocycles. The topological polar surface area (TPSA) is 44.2 Å². The molecule has 0 aliphatic rings. The first-order chi connectivity index (χ1) is 9.19. The van der Waals surface area contributed by atoms with E-state index in [2.05, 4.69) is 9.97 Å². The Morgan fingerprint density at radius 3 is 2.63 bits per heavy atom. The Balaban J connectivity index is 2.05. The third-order valence-corrected chi connectivity index (χ3v) is 2.76. The van der Waals surface area contributed by atoms with Crippen LogP contribution in [0.5, 0.6) is 11.6 Å². The van der Waals surface area contributed by atoms with Crippen LogP contribution in [-0.2, 0) is 6.61 Å². The van der Waals surface area contributed by atoms with Crippen LogP contribution in [0.15, 0.2) is 30.6 Å². The van der Waals surface area contributed by atoms with Crippen molar-refractivity contribution >= 4 is 23.2 Å². The minimum absolute atomic E-state index is 0.298. The SMILES string of the molecule is CCOc1cc(OCc2ccc(Cl)cn2)c(Cl)cn1. The average Bonchev–Trinajstić information content (AvgIpc) is 2.41. The predicted octanol–water partition coefficient (Wildman–Crippen LogP) is 3.76. The zero-order valence-electron chi connectivity index (χ0n) is 10.3. The van der Waals surface area contributed by atoms with Crippen LogP contribution in [0.1, 0.15) is 12.6 Å². The quantitative estimate of drug-likeness (QED) is 0.843. The summed E-state index contributed by atoms with van der Waals surface area (Å²) in [5, 5.41) is 1.02. The Hall–Kier alpha value is -1.52. The number of hydrogen-bond donors (Lipinski definition) is 0. The van der Waals surface area contributed by atoms with Crippen molar-refractivity contribution in [3.63, 3.8) is 0 Å². The van der Waals surface area contributed by atoms with E-state index in [0.29, 0.717) is 34.9 Å². The minimum Gasteiger partial charge on any atom is -0.485 e. The highest BCUT2D eigenvalue weighted by Crippen LogP contribution is 2.27. The van der Waals surface area contributed by atoms with Gasteiger partial charge in [-0.2, -0.15) is 0 Å². The normalized spacial score (nSPS) is 10.3. The standard InChI is InChI=1S/C13H12Cl2N2O2/c1-2-18-13-5-12(11(15)7-17-13)19-8-10-4-3-9(14)6-16-10/h3-7H,2,8H2,1H3. The lowest BCUT2D eigenvalue weighted by Gasteiger charge is -2.09. The van der Waals surface area contributed by atoms with Crippen molar-refractivity contribution in [1.29, 1.82) is 0 Å². The molecule has 19 heavy (non-hydrogen) atoms. The van der Waals surface area contributed by atoms with Gasteiger partial charge in [-0.05, 0) is 19.1 Å². The lowest BCUT2D eigenvalue weighted by Crippen LogP contribution is -2.00. The van der Waals surface area contributed by atoms with E-state index in [9.17, 15) is 0 Å². The molecule has 2 aromatic heterocycles. The number of aromatic nitrogens is 2. The van der Waals surface area contributed by atoms with Gasteiger partial charge in [0.15, 0.2) is 0 Å². The third kappa shape index (κ3) is 3.98. The highest BCUT2D eigenvalue weighted by molar-refractivity contribution is 6.32. The summed E-state index contributed by atoms with van der Waals surface area (Å²) < 4.78 is 10.9. The van der Waals surface area contributed by atoms with Gasteiger partial charge in [-0.3, -0.25) is 4.98 Å². The molecule has 0 aliphatic carbocycles. The van der Waals surface area contributed by atoms with E-state index in [0.717, 1.165) is 5.69 Å². The van der Waals surface area contributed by atoms with Crippen molar-refractivity contribution in [2.45, 2.75) is 13.5 Å². The largest absolute Gasteiger partial charge is 0.485 e. The Bertz CT molecular complexity index is 547. The molecule has 0 bridgehead atoms. The van der Waals surface area contributed by atoms with Crippen LogP contribution in [0.3, 0.4) is 0 Å². The van der Waals surface area contributed by atoms with E-state index in [1.807, 2.05) is 6.92 Å². The molecule has 0 atom stereocenters. The van der Waals surface area contributed by atoms with E-state index in [1.54, 1.807) is 24.4 Å². The second kappa shape index (κ2) is 6.59. The molecule has 0 aliphatic heterocycles. The molecule has 4 nitrogen and oxygen atoms in total. The van der Waals surface area contributed by atoms with E-state index in [-0.39, 0.29) is 0 Å². The molecular weight excluding hydrogens is 287 g/mol. The Labute approximate surface area is 121 Å². The summed E-state index contributed by atoms with van der Waals surface area (Å²) in [5.74, 6) is 0.989. The van der Waals surface area contributed by atoms with Gasteiger partial charge in [0.1, 0.15) is 17.4 Å². The second-order valence-electron chi connectivity index (χ2n) is 3.64. The fraction of sp³-hybridized carbons (Fsp3) is 0.231. The highest BCUT2D eigenvalue weighted by Gasteiger charge is 2.06. The molecule has 2 heterocycles. The Morgan fingerprint density at radius 2 is 1.95 bits per heavy atom. The molecule has 6 heteroatoms. The monoisotopic (exact) mass is 298 g/mol. The molecular formula is C13H12Cl2N2O2. The molecule has 0 unspecified atom stereocenters. The third-order valence-electron chi connectivity index (χ3n) is 2.25. The lowest BCUT2D eigenvalue weighted by molar-refractivity contribution is 0.292. The van der Waals surface area contributed by atoms with Gasteiger partial charge in [0.05, 0.1) is 23.5 Å². The van der Waals surface area contributed by atoms with Crippen molar-refractivity contribution in [3.05, 3.63) is 46.3 Å². The van der Waals surface area contributed by atoms with Gasteiger partial charge in [-0.25, -0.2) is 4.98 Å². The summed E-state index contributed by atoms with van der Waals surface area (Å²) in [6.07, 6.45) is 3.07. The maximum absolute atomic E-state index is 6.00. The van der Waals surface area contributed by atoms with Crippen molar-refractivity contribution in [2.75, 3.05) is 6.61 Å². The average molecular weight is 299 g/mol. The number of pyridine rings is 2. The van der Waals surface area contributed by atoms with E-state index < -0.39 is 0 Å². The van der Waals surface area contributed by atoms with Gasteiger partial charge in [0.2, 0.25) is 5.88 Å². The van der Waals surface area contributed by atoms with Gasteiger partial charge < -0.3 is 9.47 Å². The summed E-state index contributed by atoms with van der Waals surface area (Å²) in [6.45, 7) is 2.72. The summed E-state index contributed by atoms with van der Waals surface area (Å²) >= 11 is 11.8. The maximum atomic E-state index is 6.00. The fourth-order valence-corrected chi connectivity index (χ4v) is 1.65. The van der Waals surface area contributed by atoms with Crippen LogP contribution >= 0.6 is 23.2 Å². The van der Waals surface area contributed by atoms with Gasteiger partial charge in [0, 0.05) is 12.3 Å². The Kier molecular flexibility index (Phi) is 4.82. The zero-order chi connectivity index (χ0) is 13.7. The van der Waals surface area contributed by atoms with Crippen LogP contribution in [0.4, 0.5) is 0 Å². The lowest BCUT2D eigenvalue weighted by atomic mass is 10.3. The second-order valence-corrected chi connectivity index (χ2v) is 4.49. The van der Waals surface area contributed by atoms with Gasteiger partial charge >= 0.3 is 0 Å². The smallest absolute Gasteiger partial charge is 0.217 e. The molecule has 0 radical (unpaired) electrons. The number of ether oxygens (including phenoxy) is 2. The molecule has 0 N–H and O–H groups in total. The van der Waals surface area contributed by atoms with Crippen molar-refractivity contribution in [1.82, 2.24) is 9.97 Å². The molecule has 0 aromatic carbocycles. The summed E-state index contributed by atoms with van der Waals surface area (Å²) in [7, 11) is 0. The number of rotatable bonds is 5. The van der Waals surface area contributed by atoms with Crippen molar-refractivity contribution in [3.8, 4) is 11.6 Å². The van der Waals surface area contributed by atoms with Crippen LogP contribution < -0.4 is 9.47 Å². The number of hydrogen-bond acceptors (Lipinski definition) is 4. The minimum atomic E-state index is 0.298. The Morgan fingerprint density at radius 1 is 1.11 bits per heavy atom. The predicted molar refractivity (Wildman–Crippen MR) is 74.0 cm³/mol. The summed E-state index contributed by atoms with van der Waals surface area (Å²) in [5.41, 5.74) is 0.759. The van der Waals surface area contributed by atoms with E-state index in [1.165, 1.54) is 6.20 Å². The molecule has 0 amide bonds. The van der Waals surface area contributed by atoms with Gasteiger partial charge in [0.25, 0.3) is 0 Å². The van der Waals surface area contributed by atoms with Crippen LogP contribution in [0, 0.1) is 0 Å². The highest BCUT2D eigenvalue weighted by atomic mass is 35.5. The number of nitrogens with zero attached hydrogens (tertiary/aromatic N) is 2. The molecule has 2 rings (SSSR count). The van der Waals surface area contributed by atoms with Gasteiger partial charge in [-0.15, -0.1) is 0 Å². The maximum Gasteiger partial charge on any atom is 0.217 e. The number of halogens is 2. The first-order valence-electron chi connectivity index (χ1n) is 5.70. The first kappa shape index (κ1) is 13.9. The fourth-order valence-electron chi connectivity index (χ4n) is 1.38. The molecule has 100 valence electrons. The summed E-state index contributed by atoms with van der Waals surface area (Å²) in [6, 6.07) is 5.20. The van der Waals surface area contributed by atoms with Gasteiger partial charge in [-0.1, -0.05) is 23.2 Å². The van der Waals surface area contributed by atoms with Crippen LogP contribution in [0.2, 0.25) is 10.0 Å². The summed E-state index contributed by atoms with van der Waals surface area (Å²) in [4.78, 5) is 8.16. The van der Waals surface area contributed by atoms with E-state index >= 15 is 0 Å². The van der Waals surface area contributed by atoms with Crippen molar-refractivity contribution in [2.24, 2.45) is 0 Å². The zero-order valence-corrected chi connectivity index (χ0v) is 11.8. The van der Waals surface area contributed by atoms with Crippen LogP contribution in [-0.4, -0.2) is 16.6 Å². The van der Waals surface area contributed by atoms with Crippen LogP contribution in [0.25, 0.3) is 0 Å². The first-order valence-corrected chi connectivity index (χ1v) is 6.46. The van der Waals surface area contributed by atoms with Crippen molar-refractivity contribution < 1.29 is 9.47 Å². The molecule has 2 aromatic rings. The van der Waals surface area contributed by atoms with E-state index in [4.69, 9.17) is 32.7 Å². The molecule has 0 spiro atoms.